The van der Waals surface area contributed by atoms with E-state index in [1.807, 2.05) is 55.5 Å². The third-order valence-electron chi connectivity index (χ3n) is 6.76. The number of hydrogen-bond donors (Lipinski definition) is 2. The van der Waals surface area contributed by atoms with Crippen LogP contribution in [-0.2, 0) is 17.6 Å². The average molecular weight is 606 g/mol. The van der Waals surface area contributed by atoms with Gasteiger partial charge in [0.15, 0.2) is 5.82 Å². The zero-order chi connectivity index (χ0) is 31.3. The van der Waals surface area contributed by atoms with Crippen LogP contribution in [0.25, 0.3) is 17.1 Å². The van der Waals surface area contributed by atoms with Gasteiger partial charge in [0, 0.05) is 11.6 Å². The Morgan fingerprint density at radius 1 is 1.05 bits per heavy atom. The molecule has 0 saturated heterocycles. The first-order chi connectivity index (χ1) is 21.1. The van der Waals surface area contributed by atoms with Crippen molar-refractivity contribution in [2.75, 3.05) is 11.4 Å². The number of ether oxygens (including phenoxy) is 1. The van der Waals surface area contributed by atoms with Crippen molar-refractivity contribution in [1.29, 1.82) is 0 Å². The number of alkyl halides is 3. The number of aromatic nitrogens is 3. The number of amides is 3. The first-order valence-corrected chi connectivity index (χ1v) is 14.0. The highest BCUT2D eigenvalue weighted by Gasteiger charge is 2.31. The molecule has 1 aromatic heterocycles. The smallest absolute Gasteiger partial charge is 0.406 e. The number of benzene rings is 3. The number of nitrogens with one attached hydrogen (secondary N) is 2. The van der Waals surface area contributed by atoms with Crippen LogP contribution in [0.3, 0.4) is 0 Å². The first kappa shape index (κ1) is 30.3. The Bertz CT molecular complexity index is 1650. The van der Waals surface area contributed by atoms with Crippen molar-refractivity contribution in [2.24, 2.45) is 4.99 Å². The standard InChI is InChI=1S/C31H30F3N7O3/c1-3-6-22-7-4-5-8-26(22)41-27(42)18-35-29(41)38-30(43)37-20(2)17-21-9-11-23(12-10-21)28-36-19-40(39-28)24-13-15-25(16-14-24)44-31(32,33)34/h4-5,7-16,19-20H,3,6,17-18H2,1-2H3,(H2,35,37,38,43). The fourth-order valence-electron chi connectivity index (χ4n) is 4.83. The van der Waals surface area contributed by atoms with E-state index in [0.29, 0.717) is 17.9 Å². The number of urea groups is 1. The largest absolute Gasteiger partial charge is 0.573 e. The first-order valence-electron chi connectivity index (χ1n) is 14.0. The molecule has 0 spiro atoms. The van der Waals surface area contributed by atoms with Crippen molar-refractivity contribution in [3.63, 3.8) is 0 Å². The Morgan fingerprint density at radius 3 is 2.48 bits per heavy atom. The summed E-state index contributed by atoms with van der Waals surface area (Å²) in [6, 6.07) is 19.7. The fourth-order valence-corrected chi connectivity index (χ4v) is 4.83. The van der Waals surface area contributed by atoms with E-state index in [2.05, 4.69) is 37.4 Å². The molecule has 2 N–H and O–H groups in total. The maximum absolute atomic E-state index is 12.8. The van der Waals surface area contributed by atoms with Crippen LogP contribution in [0.2, 0.25) is 0 Å². The van der Waals surface area contributed by atoms with Gasteiger partial charge in [-0.15, -0.1) is 18.3 Å². The molecule has 3 amide bonds. The molecule has 1 aliphatic heterocycles. The van der Waals surface area contributed by atoms with E-state index >= 15 is 0 Å². The molecule has 4 aromatic rings. The molecule has 10 nitrogen and oxygen atoms in total. The highest BCUT2D eigenvalue weighted by molar-refractivity contribution is 6.23. The number of carbonyl (C=O) groups is 2. The zero-order valence-corrected chi connectivity index (χ0v) is 24.0. The van der Waals surface area contributed by atoms with E-state index in [0.717, 1.165) is 35.2 Å². The van der Waals surface area contributed by atoms with Gasteiger partial charge in [-0.3, -0.25) is 10.1 Å². The Hall–Kier alpha value is -5.20. The molecule has 2 heterocycles. The molecule has 1 unspecified atom stereocenters. The van der Waals surface area contributed by atoms with Gasteiger partial charge in [-0.2, -0.15) is 0 Å². The van der Waals surface area contributed by atoms with Gasteiger partial charge in [0.05, 0.1) is 11.4 Å². The van der Waals surface area contributed by atoms with E-state index in [9.17, 15) is 22.8 Å². The summed E-state index contributed by atoms with van der Waals surface area (Å²) in [5.41, 5.74) is 3.96. The Morgan fingerprint density at radius 2 is 1.77 bits per heavy atom. The van der Waals surface area contributed by atoms with Gasteiger partial charge in [0.2, 0.25) is 5.96 Å². The van der Waals surface area contributed by atoms with Crippen molar-refractivity contribution in [2.45, 2.75) is 45.5 Å². The molecular weight excluding hydrogens is 575 g/mol. The van der Waals surface area contributed by atoms with E-state index < -0.39 is 12.4 Å². The normalized spacial score (nSPS) is 13.9. The highest BCUT2D eigenvalue weighted by Crippen LogP contribution is 2.25. The van der Waals surface area contributed by atoms with Gasteiger partial charge in [-0.05, 0) is 61.2 Å². The molecule has 0 aliphatic carbocycles. The van der Waals surface area contributed by atoms with Gasteiger partial charge in [-0.1, -0.05) is 55.8 Å². The van der Waals surface area contributed by atoms with Crippen LogP contribution in [0.5, 0.6) is 5.75 Å². The lowest BCUT2D eigenvalue weighted by atomic mass is 10.0. The van der Waals surface area contributed by atoms with Gasteiger partial charge in [-0.25, -0.2) is 24.4 Å². The van der Waals surface area contributed by atoms with Crippen LogP contribution >= 0.6 is 0 Å². The van der Waals surface area contributed by atoms with Crippen molar-refractivity contribution >= 4 is 23.6 Å². The minimum absolute atomic E-state index is 0.0335. The fraction of sp³-hybridized carbons (Fsp3) is 0.258. The monoisotopic (exact) mass is 605 g/mol. The number of para-hydroxylation sites is 1. The summed E-state index contributed by atoms with van der Waals surface area (Å²) < 4.78 is 42.6. The number of aliphatic imine (C=N–C) groups is 1. The molecular formula is C31H30F3N7O3. The van der Waals surface area contributed by atoms with Gasteiger partial charge in [0.25, 0.3) is 5.91 Å². The lowest BCUT2D eigenvalue weighted by Gasteiger charge is -2.22. The molecule has 44 heavy (non-hydrogen) atoms. The topological polar surface area (TPSA) is 114 Å². The van der Waals surface area contributed by atoms with E-state index in [4.69, 9.17) is 0 Å². The van der Waals surface area contributed by atoms with Crippen LogP contribution in [0.4, 0.5) is 23.7 Å². The van der Waals surface area contributed by atoms with Gasteiger partial charge < -0.3 is 10.1 Å². The lowest BCUT2D eigenvalue weighted by molar-refractivity contribution is -0.274. The predicted molar refractivity (Wildman–Crippen MR) is 159 cm³/mol. The molecule has 1 aliphatic rings. The summed E-state index contributed by atoms with van der Waals surface area (Å²) in [6.45, 7) is 3.90. The SMILES string of the molecule is CCCc1ccccc1N1C(=O)CN=C1NC(=O)NC(C)Cc1ccc(-c2ncn(-c3ccc(OC(F)(F)F)cc3)n2)cc1. The molecule has 228 valence electrons. The summed E-state index contributed by atoms with van der Waals surface area (Å²) in [4.78, 5) is 35.5. The number of carbonyl (C=O) groups excluding carboxylic acids is 2. The molecule has 13 heteroatoms. The average Bonchev–Trinajstić information content (AvgIpc) is 3.61. The molecule has 0 bridgehead atoms. The molecule has 3 aromatic carbocycles. The molecule has 0 saturated carbocycles. The molecule has 1 atom stereocenters. The third-order valence-corrected chi connectivity index (χ3v) is 6.76. The van der Waals surface area contributed by atoms with Crippen LogP contribution in [-0.4, -0.2) is 51.6 Å². The molecule has 0 radical (unpaired) electrons. The highest BCUT2D eigenvalue weighted by atomic mass is 19.4. The Kier molecular flexibility index (Phi) is 8.93. The minimum Gasteiger partial charge on any atom is -0.406 e. The predicted octanol–water partition coefficient (Wildman–Crippen LogP) is 5.42. The molecule has 5 rings (SSSR count). The molecule has 0 fully saturated rings. The van der Waals surface area contributed by atoms with Crippen molar-refractivity contribution < 1.29 is 27.5 Å². The number of guanidine groups is 1. The number of anilines is 1. The Balaban J connectivity index is 1.16. The minimum atomic E-state index is -4.76. The summed E-state index contributed by atoms with van der Waals surface area (Å²) in [5, 5.41) is 10.1. The van der Waals surface area contributed by atoms with Crippen LogP contribution in [0.15, 0.2) is 84.1 Å². The van der Waals surface area contributed by atoms with Crippen molar-refractivity contribution in [1.82, 2.24) is 25.4 Å². The van der Waals surface area contributed by atoms with Crippen molar-refractivity contribution in [3.05, 3.63) is 90.3 Å². The maximum atomic E-state index is 12.8. The van der Waals surface area contributed by atoms with E-state index in [1.54, 1.807) is 0 Å². The Labute approximate surface area is 251 Å². The third kappa shape index (κ3) is 7.41. The number of nitrogens with zero attached hydrogens (tertiary/aromatic N) is 5. The van der Waals surface area contributed by atoms with Gasteiger partial charge in [0.1, 0.15) is 18.6 Å². The zero-order valence-electron chi connectivity index (χ0n) is 24.0. The number of halogens is 3. The summed E-state index contributed by atoms with van der Waals surface area (Å²) in [7, 11) is 0. The van der Waals surface area contributed by atoms with Crippen LogP contribution in [0, 0.1) is 0 Å². The van der Waals surface area contributed by atoms with E-state index in [-0.39, 0.29) is 30.2 Å². The summed E-state index contributed by atoms with van der Waals surface area (Å²) >= 11 is 0. The number of rotatable bonds is 9. The van der Waals surface area contributed by atoms with Crippen LogP contribution < -0.4 is 20.3 Å². The summed E-state index contributed by atoms with van der Waals surface area (Å²) in [5.74, 6) is 0.112. The second-order valence-corrected chi connectivity index (χ2v) is 10.2. The quantitative estimate of drug-likeness (QED) is 0.265. The second-order valence-electron chi connectivity index (χ2n) is 10.2. The lowest BCUT2D eigenvalue weighted by Crippen LogP contribution is -2.50. The second kappa shape index (κ2) is 13.0. The number of aryl methyl sites for hydroxylation is 1. The van der Waals surface area contributed by atoms with E-state index in [1.165, 1.54) is 40.2 Å². The van der Waals surface area contributed by atoms with Crippen molar-refractivity contribution in [3.8, 4) is 22.8 Å². The summed E-state index contributed by atoms with van der Waals surface area (Å²) in [6.07, 6.45) is -1.04. The number of hydrogen-bond acceptors (Lipinski definition) is 6. The van der Waals surface area contributed by atoms with Crippen LogP contribution in [0.1, 0.15) is 31.4 Å². The van der Waals surface area contributed by atoms with Gasteiger partial charge >= 0.3 is 12.4 Å². The maximum Gasteiger partial charge on any atom is 0.573 e.